The molecule has 0 amide bonds. The Morgan fingerprint density at radius 2 is 2.03 bits per heavy atom. The molecule has 1 aliphatic heterocycles. The van der Waals surface area contributed by atoms with E-state index in [9.17, 15) is 20.5 Å². The number of guanidine groups is 1. The largest absolute Gasteiger partial charge is 0.479 e. The number of nitro benzene ring substituents is 1. The van der Waals surface area contributed by atoms with Crippen molar-refractivity contribution in [2.45, 2.75) is 37.5 Å². The van der Waals surface area contributed by atoms with Crippen molar-refractivity contribution < 1.29 is 24.2 Å². The predicted molar refractivity (Wildman–Crippen MR) is 118 cm³/mol. The summed E-state index contributed by atoms with van der Waals surface area (Å²) in [5.41, 5.74) is -0.330. The lowest BCUT2D eigenvalue weighted by Crippen LogP contribution is -2.62. The second-order valence-corrected chi connectivity index (χ2v) is 7.52. The van der Waals surface area contributed by atoms with Crippen LogP contribution in [0.5, 0.6) is 5.75 Å². The molecule has 0 aromatic heterocycles. The number of rotatable bonds is 7. The molecule has 0 unspecified atom stereocenters. The van der Waals surface area contributed by atoms with Gasteiger partial charge in [0, 0.05) is 31.9 Å². The first-order valence-electron chi connectivity index (χ1n) is 10.0. The molecule has 0 aliphatic carbocycles. The second kappa shape index (κ2) is 10.3. The number of nitrogens with one attached hydrogen (secondary N) is 2. The minimum Gasteiger partial charge on any atom is -0.479 e. The number of fused-ring (bicyclic) bond motifs is 1. The molecule has 3 rings (SSSR count). The van der Waals surface area contributed by atoms with Crippen LogP contribution in [0.25, 0.3) is 0 Å². The third kappa shape index (κ3) is 5.04. The summed E-state index contributed by atoms with van der Waals surface area (Å²) in [4.78, 5) is 15.2. The lowest BCUT2D eigenvalue weighted by atomic mass is 9.84. The Hall–Kier alpha value is -3.72. The van der Waals surface area contributed by atoms with Gasteiger partial charge < -0.3 is 24.6 Å². The summed E-state index contributed by atoms with van der Waals surface area (Å²) in [6, 6.07) is 12.5. The highest BCUT2D eigenvalue weighted by atomic mass is 16.7. The number of nitriles is 1. The summed E-state index contributed by atoms with van der Waals surface area (Å²) in [6.07, 6.45) is -0.456. The minimum atomic E-state index is -1.39. The van der Waals surface area contributed by atoms with Gasteiger partial charge in [-0.05, 0) is 18.6 Å². The van der Waals surface area contributed by atoms with Crippen LogP contribution < -0.4 is 15.4 Å². The van der Waals surface area contributed by atoms with Crippen molar-refractivity contribution in [3.05, 3.63) is 69.8 Å². The van der Waals surface area contributed by atoms with Crippen LogP contribution in [0.15, 0.2) is 53.5 Å². The van der Waals surface area contributed by atoms with Crippen molar-refractivity contribution in [3.8, 4) is 11.9 Å². The number of aliphatic hydroxyl groups excluding tert-OH is 1. The normalized spacial score (nSPS) is 22.1. The Kier molecular flexibility index (Phi) is 7.44. The number of benzene rings is 2. The molecule has 174 valence electrons. The highest BCUT2D eigenvalue weighted by Gasteiger charge is 2.52. The van der Waals surface area contributed by atoms with E-state index in [1.165, 1.54) is 32.4 Å². The molecule has 1 heterocycles. The van der Waals surface area contributed by atoms with Gasteiger partial charge in [-0.3, -0.25) is 15.4 Å². The fourth-order valence-electron chi connectivity index (χ4n) is 3.77. The van der Waals surface area contributed by atoms with Crippen molar-refractivity contribution >= 4 is 11.6 Å². The Labute approximate surface area is 190 Å². The smallest absolute Gasteiger partial charge is 0.270 e. The summed E-state index contributed by atoms with van der Waals surface area (Å²) in [7, 11) is 2.82. The predicted octanol–water partition coefficient (Wildman–Crippen LogP) is 1.98. The van der Waals surface area contributed by atoms with E-state index in [4.69, 9.17) is 14.2 Å². The second-order valence-electron chi connectivity index (χ2n) is 7.52. The minimum absolute atomic E-state index is 0.0819. The van der Waals surface area contributed by atoms with Gasteiger partial charge in [0.15, 0.2) is 18.1 Å². The summed E-state index contributed by atoms with van der Waals surface area (Å²) in [5, 5.41) is 37.4. The molecule has 33 heavy (non-hydrogen) atoms. The summed E-state index contributed by atoms with van der Waals surface area (Å²) in [5.74, 6) is 0.378. The van der Waals surface area contributed by atoms with Gasteiger partial charge in [-0.2, -0.15) is 5.26 Å². The van der Waals surface area contributed by atoms with Gasteiger partial charge in [0.05, 0.1) is 17.5 Å². The van der Waals surface area contributed by atoms with E-state index in [0.717, 1.165) is 5.56 Å². The summed E-state index contributed by atoms with van der Waals surface area (Å²) < 4.78 is 16.7. The molecule has 11 nitrogen and oxygen atoms in total. The van der Waals surface area contributed by atoms with Crippen molar-refractivity contribution in [2.75, 3.05) is 14.2 Å². The standard InChI is InChI=1S/C22H25N5O6/c1-22(20(31-2)32-3)19(28)18(16-11-15(27(29)30)9-10-17(16)33-22)26-21(25-13-23)24-12-14-7-5-4-6-8-14/h4-11,18-20,28H,12H2,1-3H3,(H2,24,25,26)/t18-,19-,22+/m1/s1. The Morgan fingerprint density at radius 1 is 1.33 bits per heavy atom. The van der Waals surface area contributed by atoms with Gasteiger partial charge in [-0.15, -0.1) is 0 Å². The molecule has 1 aliphatic rings. The zero-order valence-electron chi connectivity index (χ0n) is 18.4. The quantitative estimate of drug-likeness (QED) is 0.108. The molecule has 2 aromatic rings. The maximum Gasteiger partial charge on any atom is 0.270 e. The first-order chi connectivity index (χ1) is 15.8. The molecule has 0 radical (unpaired) electrons. The molecule has 0 fully saturated rings. The summed E-state index contributed by atoms with van der Waals surface area (Å²) in [6.45, 7) is 1.86. The zero-order chi connectivity index (χ0) is 24.0. The fraction of sp³-hybridized carbons (Fsp3) is 0.364. The molecule has 0 spiro atoms. The molecule has 11 heteroatoms. The van der Waals surface area contributed by atoms with Crippen LogP contribution in [0, 0.1) is 21.6 Å². The molecule has 2 aromatic carbocycles. The molecule has 0 saturated heterocycles. The van der Waals surface area contributed by atoms with E-state index in [-0.39, 0.29) is 18.2 Å². The molecular weight excluding hydrogens is 430 g/mol. The van der Waals surface area contributed by atoms with Crippen molar-refractivity contribution in [1.29, 1.82) is 5.26 Å². The lowest BCUT2D eigenvalue weighted by Gasteiger charge is -2.46. The topological polar surface area (TPSA) is 151 Å². The SMILES string of the molecule is COC(OC)[C@@]1(C)Oc2ccc([N+](=O)[O-])cc2[C@@H](NC(=NCc2ccccc2)NC#N)[C@H]1O. The number of hydrogen-bond acceptors (Lipinski definition) is 8. The van der Waals surface area contributed by atoms with Gasteiger partial charge in [0.1, 0.15) is 11.9 Å². The van der Waals surface area contributed by atoms with E-state index in [1.807, 2.05) is 36.5 Å². The number of non-ortho nitro benzene ring substituents is 1. The number of aliphatic imine (C=N–C) groups is 1. The number of nitrogens with zero attached hydrogens (tertiary/aromatic N) is 3. The van der Waals surface area contributed by atoms with Crippen molar-refractivity contribution in [1.82, 2.24) is 10.6 Å². The van der Waals surface area contributed by atoms with E-state index in [0.29, 0.717) is 11.3 Å². The van der Waals surface area contributed by atoms with Gasteiger partial charge in [-0.25, -0.2) is 4.99 Å². The monoisotopic (exact) mass is 455 g/mol. The van der Waals surface area contributed by atoms with E-state index < -0.39 is 29.0 Å². The Bertz CT molecular complexity index is 1050. The number of methoxy groups -OCH3 is 2. The van der Waals surface area contributed by atoms with Gasteiger partial charge in [0.2, 0.25) is 5.96 Å². The van der Waals surface area contributed by atoms with Crippen LogP contribution in [-0.4, -0.2) is 48.2 Å². The van der Waals surface area contributed by atoms with Crippen molar-refractivity contribution in [2.24, 2.45) is 4.99 Å². The van der Waals surface area contributed by atoms with E-state index >= 15 is 0 Å². The highest BCUT2D eigenvalue weighted by molar-refractivity contribution is 5.82. The fourth-order valence-corrected chi connectivity index (χ4v) is 3.77. The Morgan fingerprint density at radius 3 is 2.64 bits per heavy atom. The molecule has 0 saturated carbocycles. The number of hydrogen-bond donors (Lipinski definition) is 3. The van der Waals surface area contributed by atoms with Gasteiger partial charge in [-0.1, -0.05) is 30.3 Å². The van der Waals surface area contributed by atoms with E-state index in [1.54, 1.807) is 6.92 Å². The maximum absolute atomic E-state index is 11.3. The number of ether oxygens (including phenoxy) is 3. The molecule has 0 bridgehead atoms. The van der Waals surface area contributed by atoms with Crippen LogP contribution in [0.1, 0.15) is 24.1 Å². The van der Waals surface area contributed by atoms with Crippen LogP contribution in [0.4, 0.5) is 5.69 Å². The third-order valence-corrected chi connectivity index (χ3v) is 5.40. The maximum atomic E-state index is 11.3. The Balaban J connectivity index is 2.03. The van der Waals surface area contributed by atoms with E-state index in [2.05, 4.69) is 15.6 Å². The number of aliphatic hydroxyl groups is 1. The first-order valence-corrected chi connectivity index (χ1v) is 10.0. The van der Waals surface area contributed by atoms with Crippen LogP contribution in [0.2, 0.25) is 0 Å². The molecule has 3 atom stereocenters. The average molecular weight is 455 g/mol. The van der Waals surface area contributed by atoms with Crippen LogP contribution in [-0.2, 0) is 16.0 Å². The van der Waals surface area contributed by atoms with Crippen LogP contribution in [0.3, 0.4) is 0 Å². The number of nitro groups is 1. The average Bonchev–Trinajstić information content (AvgIpc) is 2.81. The van der Waals surface area contributed by atoms with Crippen LogP contribution >= 0.6 is 0 Å². The summed E-state index contributed by atoms with van der Waals surface area (Å²) >= 11 is 0. The molecule has 3 N–H and O–H groups in total. The lowest BCUT2D eigenvalue weighted by molar-refractivity contribution is -0.385. The highest BCUT2D eigenvalue weighted by Crippen LogP contribution is 2.43. The van der Waals surface area contributed by atoms with Gasteiger partial charge >= 0.3 is 0 Å². The third-order valence-electron chi connectivity index (χ3n) is 5.40. The molecular formula is C22H25N5O6. The zero-order valence-corrected chi connectivity index (χ0v) is 18.4. The van der Waals surface area contributed by atoms with Gasteiger partial charge in [0.25, 0.3) is 5.69 Å². The van der Waals surface area contributed by atoms with Crippen molar-refractivity contribution in [3.63, 3.8) is 0 Å². The first kappa shape index (κ1) is 23.9.